The molecule has 0 saturated carbocycles. The average Bonchev–Trinajstić information content (AvgIpc) is 2.73. The van der Waals surface area contributed by atoms with Crippen molar-refractivity contribution in [3.05, 3.63) is 32.9 Å². The van der Waals surface area contributed by atoms with Crippen molar-refractivity contribution in [3.8, 4) is 0 Å². The van der Waals surface area contributed by atoms with E-state index in [-0.39, 0.29) is 6.42 Å². The van der Waals surface area contributed by atoms with Gasteiger partial charge in [0.25, 0.3) is 5.56 Å². The smallest absolute Gasteiger partial charge is 0.390 e. The van der Waals surface area contributed by atoms with Crippen LogP contribution >= 0.6 is 7.82 Å². The summed E-state index contributed by atoms with van der Waals surface area (Å²) in [5.74, 6) is -1.21. The second-order valence-corrected chi connectivity index (χ2v) is 6.00. The molecule has 1 fully saturated rings. The van der Waals surface area contributed by atoms with Gasteiger partial charge in [0.2, 0.25) is 5.82 Å². The van der Waals surface area contributed by atoms with E-state index >= 15 is 0 Å². The summed E-state index contributed by atoms with van der Waals surface area (Å²) in [7, 11) is -4.78. The molecule has 2 heterocycles. The van der Waals surface area contributed by atoms with Crippen LogP contribution < -0.4 is 11.2 Å². The zero-order valence-electron chi connectivity index (χ0n) is 11.2. The molecule has 10 nitrogen and oxygen atoms in total. The lowest BCUT2D eigenvalue weighted by Gasteiger charge is -2.22. The number of H-pyrrole nitrogens is 1. The van der Waals surface area contributed by atoms with E-state index < -0.39 is 49.4 Å². The number of aromatic nitrogens is 2. The molecule has 0 aliphatic carbocycles. The second-order valence-electron chi connectivity index (χ2n) is 4.80. The van der Waals surface area contributed by atoms with Gasteiger partial charge in [-0.3, -0.25) is 18.9 Å². The number of aliphatic hydroxyl groups is 1. The molecular weight excluding hydrogens is 326 g/mol. The molecule has 0 unspecified atom stereocenters. The number of aromatic amines is 1. The molecule has 2 rings (SSSR count). The summed E-state index contributed by atoms with van der Waals surface area (Å²) < 4.78 is 34.5. The molecule has 1 aromatic heterocycles. The predicted octanol–water partition coefficient (Wildman–Crippen LogP) is -1.18. The van der Waals surface area contributed by atoms with Gasteiger partial charge >= 0.3 is 13.5 Å². The van der Waals surface area contributed by atoms with E-state index in [1.165, 1.54) is 6.92 Å². The lowest BCUT2D eigenvalue weighted by atomic mass is 10.1. The molecule has 0 amide bonds. The maximum Gasteiger partial charge on any atom is 0.469 e. The summed E-state index contributed by atoms with van der Waals surface area (Å²) in [6, 6.07) is 0. The molecule has 1 aromatic rings. The third-order valence-corrected chi connectivity index (χ3v) is 3.74. The number of rotatable bonds is 4. The van der Waals surface area contributed by atoms with E-state index in [0.29, 0.717) is 6.20 Å². The third-order valence-electron chi connectivity index (χ3n) is 3.14. The standard InChI is InChI=1S/C10H14FN2O8P/c1-4(21-22(17,18)19)8-6(14)2-7(20-8)13-3-5(11)9(15)12-10(13)16/h3-4,6-8,14H,2H2,1H3,(H,12,15,16)(H2,17,18,19)/t4-,6+,7+,8+/m0/s1. The van der Waals surface area contributed by atoms with Crippen LogP contribution in [0.25, 0.3) is 0 Å². The topological polar surface area (TPSA) is 151 Å². The van der Waals surface area contributed by atoms with Crippen molar-refractivity contribution in [1.29, 1.82) is 0 Å². The number of phosphoric ester groups is 1. The van der Waals surface area contributed by atoms with E-state index in [0.717, 1.165) is 4.57 Å². The van der Waals surface area contributed by atoms with E-state index in [2.05, 4.69) is 4.52 Å². The van der Waals surface area contributed by atoms with Gasteiger partial charge in [-0.25, -0.2) is 9.36 Å². The van der Waals surface area contributed by atoms with Crippen molar-refractivity contribution in [2.75, 3.05) is 0 Å². The summed E-state index contributed by atoms with van der Waals surface area (Å²) >= 11 is 0. The number of nitrogens with zero attached hydrogens (tertiary/aromatic N) is 1. The maximum atomic E-state index is 13.2. The van der Waals surface area contributed by atoms with E-state index in [1.807, 2.05) is 0 Å². The van der Waals surface area contributed by atoms with Gasteiger partial charge in [0, 0.05) is 6.42 Å². The molecule has 0 aromatic carbocycles. The van der Waals surface area contributed by atoms with Gasteiger partial charge in [-0.2, -0.15) is 4.39 Å². The Morgan fingerprint density at radius 2 is 2.18 bits per heavy atom. The fraction of sp³-hybridized carbons (Fsp3) is 0.600. The second kappa shape index (κ2) is 6.03. The summed E-state index contributed by atoms with van der Waals surface area (Å²) in [5.41, 5.74) is -2.12. The first-order valence-electron chi connectivity index (χ1n) is 6.17. The first-order valence-corrected chi connectivity index (χ1v) is 7.70. The maximum absolute atomic E-state index is 13.2. The number of aliphatic hydroxyl groups excluding tert-OH is 1. The van der Waals surface area contributed by atoms with Crippen LogP contribution in [0.2, 0.25) is 0 Å². The molecular formula is C10H14FN2O8P. The van der Waals surface area contributed by atoms with Crippen molar-refractivity contribution in [2.24, 2.45) is 0 Å². The third kappa shape index (κ3) is 3.69. The highest BCUT2D eigenvalue weighted by atomic mass is 31.2. The molecule has 22 heavy (non-hydrogen) atoms. The molecule has 1 saturated heterocycles. The summed E-state index contributed by atoms with van der Waals surface area (Å²) in [5, 5.41) is 9.86. The molecule has 12 heteroatoms. The normalized spacial score (nSPS) is 27.0. The monoisotopic (exact) mass is 340 g/mol. The fourth-order valence-electron chi connectivity index (χ4n) is 2.22. The van der Waals surface area contributed by atoms with Crippen molar-refractivity contribution in [1.82, 2.24) is 9.55 Å². The summed E-state index contributed by atoms with van der Waals surface area (Å²) in [6.07, 6.45) is -4.14. The van der Waals surface area contributed by atoms with Crippen LogP contribution in [0.15, 0.2) is 15.8 Å². The van der Waals surface area contributed by atoms with Gasteiger partial charge in [0.15, 0.2) is 0 Å². The van der Waals surface area contributed by atoms with Crippen molar-refractivity contribution >= 4 is 7.82 Å². The molecule has 4 N–H and O–H groups in total. The van der Waals surface area contributed by atoms with Crippen LogP contribution in [0.5, 0.6) is 0 Å². The zero-order chi connectivity index (χ0) is 16.7. The molecule has 1 aliphatic heterocycles. The van der Waals surface area contributed by atoms with E-state index in [9.17, 15) is 23.7 Å². The van der Waals surface area contributed by atoms with E-state index in [1.54, 1.807) is 4.98 Å². The van der Waals surface area contributed by atoms with Crippen LogP contribution in [0.1, 0.15) is 19.6 Å². The minimum atomic E-state index is -4.78. The zero-order valence-corrected chi connectivity index (χ0v) is 12.1. The molecule has 0 bridgehead atoms. The minimum absolute atomic E-state index is 0.148. The van der Waals surface area contributed by atoms with Crippen LogP contribution in [0.3, 0.4) is 0 Å². The van der Waals surface area contributed by atoms with Crippen molar-refractivity contribution in [2.45, 2.75) is 37.9 Å². The quantitative estimate of drug-likeness (QED) is 0.500. The highest BCUT2D eigenvalue weighted by Crippen LogP contribution is 2.41. The Morgan fingerprint density at radius 1 is 1.55 bits per heavy atom. The first-order chi connectivity index (χ1) is 10.1. The number of hydrogen-bond acceptors (Lipinski definition) is 6. The Hall–Kier alpha value is -1.36. The van der Waals surface area contributed by atoms with Gasteiger partial charge in [0.05, 0.1) is 18.4 Å². The highest BCUT2D eigenvalue weighted by Gasteiger charge is 2.41. The Bertz CT molecular complexity index is 712. The lowest BCUT2D eigenvalue weighted by molar-refractivity contribution is -0.0750. The Labute approximate surface area is 122 Å². The number of phosphoric acid groups is 1. The van der Waals surface area contributed by atoms with Gasteiger partial charge in [-0.15, -0.1) is 0 Å². The molecule has 1 aliphatic rings. The number of hydrogen-bond donors (Lipinski definition) is 4. The minimum Gasteiger partial charge on any atom is -0.390 e. The summed E-state index contributed by atoms with van der Waals surface area (Å²) in [6.45, 7) is 1.27. The average molecular weight is 340 g/mol. The number of nitrogens with one attached hydrogen (secondary N) is 1. The van der Waals surface area contributed by atoms with Crippen LogP contribution in [-0.2, 0) is 13.8 Å². The highest BCUT2D eigenvalue weighted by molar-refractivity contribution is 7.46. The van der Waals surface area contributed by atoms with Crippen molar-refractivity contribution in [3.63, 3.8) is 0 Å². The molecule has 0 radical (unpaired) electrons. The Morgan fingerprint density at radius 3 is 2.77 bits per heavy atom. The first kappa shape index (κ1) is 17.0. The Kier molecular flexibility index (Phi) is 4.66. The fourth-order valence-corrected chi connectivity index (χ4v) is 2.78. The molecule has 124 valence electrons. The van der Waals surface area contributed by atoms with Crippen LogP contribution in [0.4, 0.5) is 4.39 Å². The van der Waals surface area contributed by atoms with Crippen LogP contribution in [-0.4, -0.2) is 42.8 Å². The largest absolute Gasteiger partial charge is 0.469 e. The van der Waals surface area contributed by atoms with E-state index in [4.69, 9.17) is 14.5 Å². The molecule has 4 atom stereocenters. The molecule has 0 spiro atoms. The van der Waals surface area contributed by atoms with Gasteiger partial charge in [-0.1, -0.05) is 0 Å². The summed E-state index contributed by atoms with van der Waals surface area (Å²) in [4.78, 5) is 41.8. The predicted molar refractivity (Wildman–Crippen MR) is 68.4 cm³/mol. The number of ether oxygens (including phenoxy) is 1. The number of halogens is 1. The lowest BCUT2D eigenvalue weighted by Crippen LogP contribution is -2.35. The van der Waals surface area contributed by atoms with Crippen LogP contribution in [0, 0.1) is 5.82 Å². The van der Waals surface area contributed by atoms with Crippen molar-refractivity contribution < 1.29 is 33.1 Å². The van der Waals surface area contributed by atoms with Gasteiger partial charge in [0.1, 0.15) is 12.3 Å². The van der Waals surface area contributed by atoms with Gasteiger partial charge < -0.3 is 19.6 Å². The Balaban J connectivity index is 2.21. The van der Waals surface area contributed by atoms with Gasteiger partial charge in [-0.05, 0) is 6.92 Å². The SMILES string of the molecule is C[C@H](OP(=O)(O)O)[C@H]1O[C@@H](n2cc(F)c(=O)[nH]c2=O)C[C@H]1O.